The molecular weight excluding hydrogens is 299 g/mol. The summed E-state index contributed by atoms with van der Waals surface area (Å²) in [7, 11) is 0. The molecule has 0 heterocycles. The Hall–Kier alpha value is -0.170. The minimum Gasteiger partial charge on any atom is -0.466 e. The molecule has 0 saturated carbocycles. The second-order valence-electron chi connectivity index (χ2n) is 2.86. The second-order valence-corrected chi connectivity index (χ2v) is 3.93. The molecule has 0 rings (SSSR count). The third-order valence-corrected chi connectivity index (χ3v) is 2.18. The van der Waals surface area contributed by atoms with Gasteiger partial charge in [-0.2, -0.15) is 0 Å². The highest BCUT2D eigenvalue weighted by Crippen LogP contribution is 2.04. The molecule has 82 valence electrons. The summed E-state index contributed by atoms with van der Waals surface area (Å²) in [6.45, 7) is 1.97. The van der Waals surface area contributed by atoms with Gasteiger partial charge < -0.3 is 9.84 Å². The molecule has 0 radical (unpaired) electrons. The van der Waals surface area contributed by atoms with Crippen molar-refractivity contribution >= 4 is 34.3 Å². The zero-order chi connectivity index (χ0) is 11.0. The molecule has 0 bridgehead atoms. The third kappa shape index (κ3) is 7.25. The van der Waals surface area contributed by atoms with E-state index in [0.717, 1.165) is 4.43 Å². The van der Waals surface area contributed by atoms with Gasteiger partial charge in [0.1, 0.15) is 12.2 Å². The quantitative estimate of drug-likeness (QED) is 0.331. The van der Waals surface area contributed by atoms with Crippen molar-refractivity contribution in [2.45, 2.75) is 32.3 Å². The number of rotatable bonds is 7. The number of carbonyl (C=O) groups is 2. The van der Waals surface area contributed by atoms with Crippen LogP contribution in [0.5, 0.6) is 0 Å². The minimum atomic E-state index is -0.631. The zero-order valence-corrected chi connectivity index (χ0v) is 10.3. The van der Waals surface area contributed by atoms with E-state index in [-0.39, 0.29) is 25.2 Å². The molecule has 0 aromatic carbocycles. The summed E-state index contributed by atoms with van der Waals surface area (Å²) in [6, 6.07) is 0. The van der Waals surface area contributed by atoms with Gasteiger partial charge in [-0.3, -0.25) is 9.59 Å². The van der Waals surface area contributed by atoms with Gasteiger partial charge in [-0.25, -0.2) is 0 Å². The molecule has 5 heteroatoms. The van der Waals surface area contributed by atoms with Gasteiger partial charge >= 0.3 is 5.97 Å². The minimum absolute atomic E-state index is 0.0435. The molecular formula is C9H15IO4. The predicted octanol–water partition coefficient (Wildman–Crippen LogP) is 1.08. The van der Waals surface area contributed by atoms with Gasteiger partial charge in [-0.05, 0) is 13.3 Å². The average Bonchev–Trinajstić information content (AvgIpc) is 2.03. The number of ketones is 1. The van der Waals surface area contributed by atoms with Crippen molar-refractivity contribution in [1.29, 1.82) is 0 Å². The number of carbonyl (C=O) groups excluding carboxylic acids is 2. The Bertz CT molecular complexity index is 193. The first-order valence-electron chi connectivity index (χ1n) is 4.51. The fraction of sp³-hybridized carbons (Fsp3) is 0.778. The fourth-order valence-corrected chi connectivity index (χ4v) is 1.65. The number of esters is 1. The normalized spacial score (nSPS) is 12.2. The van der Waals surface area contributed by atoms with Crippen molar-refractivity contribution in [3.63, 3.8) is 0 Å². The lowest BCUT2D eigenvalue weighted by molar-refractivity contribution is -0.145. The number of alkyl halides is 1. The molecule has 0 aromatic rings. The number of aliphatic hydroxyl groups excluding tert-OH is 1. The van der Waals surface area contributed by atoms with E-state index >= 15 is 0 Å². The Morgan fingerprint density at radius 1 is 1.50 bits per heavy atom. The van der Waals surface area contributed by atoms with Gasteiger partial charge in [-0.1, -0.05) is 22.6 Å². The highest BCUT2D eigenvalue weighted by atomic mass is 127. The molecule has 0 spiro atoms. The molecule has 0 amide bonds. The Morgan fingerprint density at radius 2 is 2.14 bits per heavy atom. The molecule has 0 aliphatic heterocycles. The van der Waals surface area contributed by atoms with Crippen molar-refractivity contribution in [1.82, 2.24) is 0 Å². The zero-order valence-electron chi connectivity index (χ0n) is 8.16. The van der Waals surface area contributed by atoms with E-state index in [9.17, 15) is 14.7 Å². The maximum absolute atomic E-state index is 11.2. The smallest absolute Gasteiger partial charge is 0.313 e. The molecule has 0 saturated heterocycles. The van der Waals surface area contributed by atoms with Crippen LogP contribution >= 0.6 is 22.6 Å². The van der Waals surface area contributed by atoms with E-state index in [1.165, 1.54) is 0 Å². The molecule has 0 aromatic heterocycles. The predicted molar refractivity (Wildman–Crippen MR) is 60.4 cm³/mol. The Kier molecular flexibility index (Phi) is 8.07. The van der Waals surface area contributed by atoms with E-state index in [1.807, 2.05) is 0 Å². The Morgan fingerprint density at radius 3 is 2.64 bits per heavy atom. The van der Waals surface area contributed by atoms with Gasteiger partial charge in [0.15, 0.2) is 0 Å². The summed E-state index contributed by atoms with van der Waals surface area (Å²) >= 11 is 2.13. The first kappa shape index (κ1) is 13.8. The SMILES string of the molecule is CCOC(=O)CC(=O)C[C@H](O)CCI. The van der Waals surface area contributed by atoms with Crippen LogP contribution in [0.15, 0.2) is 0 Å². The largest absolute Gasteiger partial charge is 0.466 e. The maximum Gasteiger partial charge on any atom is 0.313 e. The Balaban J connectivity index is 3.69. The fourth-order valence-electron chi connectivity index (χ4n) is 0.936. The molecule has 0 fully saturated rings. The first-order valence-corrected chi connectivity index (χ1v) is 6.04. The van der Waals surface area contributed by atoms with Crippen LogP contribution in [-0.2, 0) is 14.3 Å². The summed E-state index contributed by atoms with van der Waals surface area (Å²) in [5.74, 6) is -0.778. The van der Waals surface area contributed by atoms with Gasteiger partial charge in [-0.15, -0.1) is 0 Å². The van der Waals surface area contributed by atoms with Crippen molar-refractivity contribution < 1.29 is 19.4 Å². The topological polar surface area (TPSA) is 63.6 Å². The summed E-state index contributed by atoms with van der Waals surface area (Å²) in [5.41, 5.74) is 0. The molecule has 0 aliphatic rings. The summed E-state index contributed by atoms with van der Waals surface area (Å²) in [5, 5.41) is 9.28. The third-order valence-electron chi connectivity index (χ3n) is 1.55. The van der Waals surface area contributed by atoms with E-state index in [2.05, 4.69) is 27.3 Å². The van der Waals surface area contributed by atoms with E-state index < -0.39 is 12.1 Å². The number of hydrogen-bond acceptors (Lipinski definition) is 4. The van der Waals surface area contributed by atoms with Crippen LogP contribution in [0.25, 0.3) is 0 Å². The lowest BCUT2D eigenvalue weighted by Gasteiger charge is -2.06. The monoisotopic (exact) mass is 314 g/mol. The van der Waals surface area contributed by atoms with Crippen LogP contribution in [-0.4, -0.2) is 34.0 Å². The Labute approximate surface area is 97.2 Å². The molecule has 1 N–H and O–H groups in total. The van der Waals surface area contributed by atoms with Gasteiger partial charge in [0.2, 0.25) is 0 Å². The highest BCUT2D eigenvalue weighted by Gasteiger charge is 2.14. The summed E-state index contributed by atoms with van der Waals surface area (Å²) in [4.78, 5) is 22.0. The van der Waals surface area contributed by atoms with Gasteiger partial charge in [0.25, 0.3) is 0 Å². The van der Waals surface area contributed by atoms with Crippen molar-refractivity contribution in [2.75, 3.05) is 11.0 Å². The van der Waals surface area contributed by atoms with Crippen LogP contribution in [0, 0.1) is 0 Å². The van der Waals surface area contributed by atoms with Crippen molar-refractivity contribution in [3.8, 4) is 0 Å². The molecule has 4 nitrogen and oxygen atoms in total. The maximum atomic E-state index is 11.2. The van der Waals surface area contributed by atoms with E-state index in [4.69, 9.17) is 0 Å². The van der Waals surface area contributed by atoms with Crippen molar-refractivity contribution in [3.05, 3.63) is 0 Å². The van der Waals surface area contributed by atoms with Crippen LogP contribution in [0.3, 0.4) is 0 Å². The molecule has 14 heavy (non-hydrogen) atoms. The van der Waals surface area contributed by atoms with E-state index in [0.29, 0.717) is 6.42 Å². The summed E-state index contributed by atoms with van der Waals surface area (Å²) < 4.78 is 5.41. The molecule has 0 aliphatic carbocycles. The molecule has 0 unspecified atom stereocenters. The second kappa shape index (κ2) is 8.16. The van der Waals surface area contributed by atoms with Crippen LogP contribution in [0.4, 0.5) is 0 Å². The number of halogens is 1. The average molecular weight is 314 g/mol. The van der Waals surface area contributed by atoms with E-state index in [1.54, 1.807) is 6.92 Å². The standard InChI is InChI=1S/C9H15IO4/c1-2-14-9(13)6-8(12)5-7(11)3-4-10/h7,11H,2-6H2,1H3/t7-/m1/s1. The van der Waals surface area contributed by atoms with Gasteiger partial charge in [0, 0.05) is 10.8 Å². The molecule has 1 atom stereocenters. The van der Waals surface area contributed by atoms with Crippen molar-refractivity contribution in [2.24, 2.45) is 0 Å². The lowest BCUT2D eigenvalue weighted by Crippen LogP contribution is -2.17. The summed E-state index contributed by atoms with van der Waals surface area (Å²) in [6.07, 6.45) is -0.239. The number of aliphatic hydroxyl groups is 1. The van der Waals surface area contributed by atoms with Gasteiger partial charge in [0.05, 0.1) is 12.7 Å². The van der Waals surface area contributed by atoms with Crippen LogP contribution in [0.2, 0.25) is 0 Å². The number of hydrogen-bond donors (Lipinski definition) is 1. The number of ether oxygens (including phenoxy) is 1. The first-order chi connectivity index (χ1) is 6.60. The number of Topliss-reactive ketones (excluding diaryl/α,β-unsaturated/α-hetero) is 1. The highest BCUT2D eigenvalue weighted by molar-refractivity contribution is 14.1. The lowest BCUT2D eigenvalue weighted by atomic mass is 10.1. The van der Waals surface area contributed by atoms with Crippen LogP contribution in [0.1, 0.15) is 26.2 Å². The van der Waals surface area contributed by atoms with Crippen LogP contribution < -0.4 is 0 Å².